The van der Waals surface area contributed by atoms with Crippen LogP contribution in [0, 0.1) is 5.92 Å². The van der Waals surface area contributed by atoms with Crippen molar-refractivity contribution in [1.29, 1.82) is 0 Å². The quantitative estimate of drug-likeness (QED) is 0.695. The van der Waals surface area contributed by atoms with Crippen molar-refractivity contribution in [2.45, 2.75) is 0 Å². The number of carboxylic acids is 1. The molecule has 76 valence electrons. The van der Waals surface area contributed by atoms with Gasteiger partial charge in [0.15, 0.2) is 5.92 Å². The summed E-state index contributed by atoms with van der Waals surface area (Å²) in [5.74, 6) is -2.96. The molecule has 1 N–H and O–H groups in total. The second-order valence-corrected chi connectivity index (χ2v) is 2.94. The predicted molar refractivity (Wildman–Crippen MR) is 51.3 cm³/mol. The molecule has 0 saturated heterocycles. The van der Waals surface area contributed by atoms with Crippen molar-refractivity contribution in [3.05, 3.63) is 24.5 Å². The number of carbonyl (C=O) groups is 2. The first-order valence-corrected chi connectivity index (χ1v) is 4.21. The Balaban J connectivity index is 2.26. The molecule has 0 aromatic carbocycles. The first-order chi connectivity index (χ1) is 7.20. The van der Waals surface area contributed by atoms with E-state index in [1.807, 2.05) is 0 Å². The lowest BCUT2D eigenvalue weighted by atomic mass is 10.1. The molecule has 1 unspecified atom stereocenters. The van der Waals surface area contributed by atoms with Gasteiger partial charge in [-0.05, 0) is 12.1 Å². The van der Waals surface area contributed by atoms with Crippen LogP contribution in [0.2, 0.25) is 0 Å². The van der Waals surface area contributed by atoms with Gasteiger partial charge in [0.1, 0.15) is 0 Å². The second-order valence-electron chi connectivity index (χ2n) is 2.94. The van der Waals surface area contributed by atoms with Crippen LogP contribution >= 0.6 is 0 Å². The molecule has 1 aromatic rings. The minimum absolute atomic E-state index is 0.461. The van der Waals surface area contributed by atoms with Crippen LogP contribution in [0.3, 0.4) is 0 Å². The molecule has 1 aliphatic heterocycles. The number of aliphatic carboxylic acids is 1. The maximum absolute atomic E-state index is 11.5. The smallest absolute Gasteiger partial charge is 0.321 e. The van der Waals surface area contributed by atoms with E-state index >= 15 is 0 Å². The third-order valence-electron chi connectivity index (χ3n) is 1.96. The third kappa shape index (κ3) is 1.56. The molecule has 6 nitrogen and oxygen atoms in total. The predicted octanol–water partition coefficient (Wildman–Crippen LogP) is 0.115. The molecule has 0 spiro atoms. The third-order valence-corrected chi connectivity index (χ3v) is 1.96. The van der Waals surface area contributed by atoms with Crippen molar-refractivity contribution in [2.75, 3.05) is 5.01 Å². The number of nitrogens with zero attached hydrogens (tertiary/aromatic N) is 3. The Hall–Kier alpha value is -2.24. The Morgan fingerprint density at radius 3 is 2.87 bits per heavy atom. The zero-order valence-corrected chi connectivity index (χ0v) is 7.57. The van der Waals surface area contributed by atoms with Crippen molar-refractivity contribution < 1.29 is 14.7 Å². The summed E-state index contributed by atoms with van der Waals surface area (Å²) >= 11 is 0. The highest BCUT2D eigenvalue weighted by atomic mass is 16.4. The fourth-order valence-electron chi connectivity index (χ4n) is 1.23. The van der Waals surface area contributed by atoms with Crippen LogP contribution in [0.15, 0.2) is 29.6 Å². The summed E-state index contributed by atoms with van der Waals surface area (Å²) in [6.07, 6.45) is 4.11. The van der Waals surface area contributed by atoms with E-state index in [2.05, 4.69) is 10.1 Å². The summed E-state index contributed by atoms with van der Waals surface area (Å²) in [6.45, 7) is 0. The number of anilines is 1. The van der Waals surface area contributed by atoms with Gasteiger partial charge in [-0.3, -0.25) is 14.6 Å². The molecule has 1 aliphatic rings. The lowest BCUT2D eigenvalue weighted by Gasteiger charge is -2.11. The summed E-state index contributed by atoms with van der Waals surface area (Å²) in [7, 11) is 0. The SMILES string of the molecule is O=C(O)C1C=NN(c2cccnc2)C1=O. The Labute approximate surface area is 84.8 Å². The number of carbonyl (C=O) groups excluding carboxylic acids is 1. The van der Waals surface area contributed by atoms with Gasteiger partial charge in [-0.15, -0.1) is 0 Å². The highest BCUT2D eigenvalue weighted by Gasteiger charge is 2.35. The number of hydrogen-bond acceptors (Lipinski definition) is 4. The Kier molecular flexibility index (Phi) is 2.17. The van der Waals surface area contributed by atoms with Crippen LogP contribution in [0.5, 0.6) is 0 Å². The van der Waals surface area contributed by atoms with Crippen molar-refractivity contribution in [1.82, 2.24) is 4.98 Å². The van der Waals surface area contributed by atoms with Gasteiger partial charge in [0.25, 0.3) is 5.91 Å². The molecule has 0 radical (unpaired) electrons. The van der Waals surface area contributed by atoms with E-state index in [-0.39, 0.29) is 0 Å². The molecule has 6 heteroatoms. The maximum Gasteiger partial charge on any atom is 0.321 e. The van der Waals surface area contributed by atoms with Crippen molar-refractivity contribution in [3.63, 3.8) is 0 Å². The summed E-state index contributed by atoms with van der Waals surface area (Å²) < 4.78 is 0. The molecule has 1 atom stereocenters. The number of rotatable bonds is 2. The van der Waals surface area contributed by atoms with Gasteiger partial charge in [-0.25, -0.2) is 0 Å². The molecule has 2 heterocycles. The summed E-state index contributed by atoms with van der Waals surface area (Å²) in [6, 6.07) is 3.28. The van der Waals surface area contributed by atoms with Crippen LogP contribution < -0.4 is 5.01 Å². The zero-order valence-electron chi connectivity index (χ0n) is 7.57. The molecule has 1 aromatic heterocycles. The highest BCUT2D eigenvalue weighted by Crippen LogP contribution is 2.19. The molecule has 0 fully saturated rings. The Bertz CT molecular complexity index is 429. The average Bonchev–Trinajstić information content (AvgIpc) is 2.61. The number of aromatic nitrogens is 1. The molecular weight excluding hydrogens is 198 g/mol. The summed E-state index contributed by atoms with van der Waals surface area (Å²) in [5, 5.41) is 13.5. The van der Waals surface area contributed by atoms with E-state index in [4.69, 9.17) is 5.11 Å². The molecule has 0 bridgehead atoms. The fraction of sp³-hybridized carbons (Fsp3) is 0.111. The number of amides is 1. The Morgan fingerprint density at radius 1 is 1.53 bits per heavy atom. The topological polar surface area (TPSA) is 82.9 Å². The first-order valence-electron chi connectivity index (χ1n) is 4.21. The minimum atomic E-state index is -1.20. The first kappa shape index (κ1) is 9.32. The van der Waals surface area contributed by atoms with Crippen molar-refractivity contribution >= 4 is 23.8 Å². The monoisotopic (exact) mass is 205 g/mol. The molecular formula is C9H7N3O3. The maximum atomic E-state index is 11.5. The van der Waals surface area contributed by atoms with Crippen LogP contribution in [-0.2, 0) is 9.59 Å². The number of pyridine rings is 1. The van der Waals surface area contributed by atoms with E-state index in [9.17, 15) is 9.59 Å². The van der Waals surface area contributed by atoms with Crippen molar-refractivity contribution in [2.24, 2.45) is 11.0 Å². The van der Waals surface area contributed by atoms with E-state index in [0.29, 0.717) is 5.69 Å². The molecule has 2 rings (SSSR count). The second kappa shape index (κ2) is 3.49. The molecule has 15 heavy (non-hydrogen) atoms. The van der Waals surface area contributed by atoms with Gasteiger partial charge < -0.3 is 5.11 Å². The lowest BCUT2D eigenvalue weighted by molar-refractivity contribution is -0.142. The van der Waals surface area contributed by atoms with Crippen molar-refractivity contribution in [3.8, 4) is 0 Å². The molecule has 1 amide bonds. The molecule has 0 aliphatic carbocycles. The number of hydrazone groups is 1. The zero-order chi connectivity index (χ0) is 10.8. The van der Waals surface area contributed by atoms with E-state index < -0.39 is 17.8 Å². The van der Waals surface area contributed by atoms with Gasteiger partial charge in [-0.1, -0.05) is 0 Å². The highest BCUT2D eigenvalue weighted by molar-refractivity contribution is 6.19. The van der Waals surface area contributed by atoms with Gasteiger partial charge in [0.2, 0.25) is 0 Å². The van der Waals surface area contributed by atoms with Crippen LogP contribution in [0.4, 0.5) is 5.69 Å². The Morgan fingerprint density at radius 2 is 2.33 bits per heavy atom. The summed E-state index contributed by atoms with van der Waals surface area (Å²) in [5.41, 5.74) is 0.461. The van der Waals surface area contributed by atoms with Crippen LogP contribution in [0.1, 0.15) is 0 Å². The number of hydrogen-bond donors (Lipinski definition) is 1. The average molecular weight is 205 g/mol. The fourth-order valence-corrected chi connectivity index (χ4v) is 1.23. The van der Waals surface area contributed by atoms with E-state index in [0.717, 1.165) is 11.2 Å². The van der Waals surface area contributed by atoms with Gasteiger partial charge in [-0.2, -0.15) is 10.1 Å². The van der Waals surface area contributed by atoms with E-state index in [1.54, 1.807) is 18.3 Å². The minimum Gasteiger partial charge on any atom is -0.480 e. The molecule has 0 saturated carbocycles. The van der Waals surface area contributed by atoms with E-state index in [1.165, 1.54) is 6.20 Å². The van der Waals surface area contributed by atoms with Crippen LogP contribution in [0.25, 0.3) is 0 Å². The van der Waals surface area contributed by atoms with Gasteiger partial charge in [0.05, 0.1) is 11.9 Å². The summed E-state index contributed by atoms with van der Waals surface area (Å²) in [4.78, 5) is 26.0. The van der Waals surface area contributed by atoms with Gasteiger partial charge in [0, 0.05) is 12.4 Å². The normalized spacial score (nSPS) is 19.6. The van der Waals surface area contributed by atoms with Crippen LogP contribution in [-0.4, -0.2) is 28.2 Å². The largest absolute Gasteiger partial charge is 0.480 e. The standard InChI is InChI=1S/C9H7N3O3/c13-8-7(9(14)15)5-11-12(8)6-2-1-3-10-4-6/h1-5,7H,(H,14,15). The number of carboxylic acid groups (broad SMARTS) is 1. The van der Waals surface area contributed by atoms with Gasteiger partial charge >= 0.3 is 5.97 Å². The lowest BCUT2D eigenvalue weighted by Crippen LogP contribution is -2.30.